The van der Waals surface area contributed by atoms with E-state index in [1.54, 1.807) is 11.0 Å². The highest BCUT2D eigenvalue weighted by atomic mass is 35.5. The number of nitrogens with zero attached hydrogens (tertiary/aromatic N) is 2. The topological polar surface area (TPSA) is 69.1 Å². The Hall–Kier alpha value is -2.29. The predicted molar refractivity (Wildman–Crippen MR) is 86.2 cm³/mol. The van der Waals surface area contributed by atoms with Crippen molar-refractivity contribution in [1.82, 2.24) is 9.88 Å². The van der Waals surface area contributed by atoms with Gasteiger partial charge in [0, 0.05) is 11.2 Å². The third-order valence-corrected chi connectivity index (χ3v) is 4.19. The molecule has 0 radical (unpaired) electrons. The SMILES string of the molecule is C[C@@H]1CO[C@@H](c2cccc(Cl)c2)CN1C(=O)c1cc(C#N)c[nH]1. The second-order valence-corrected chi connectivity index (χ2v) is 6.03. The molecule has 1 fully saturated rings. The Morgan fingerprint density at radius 1 is 1.48 bits per heavy atom. The highest BCUT2D eigenvalue weighted by molar-refractivity contribution is 6.30. The molecule has 0 spiro atoms. The van der Waals surface area contributed by atoms with E-state index in [0.29, 0.717) is 29.4 Å². The molecule has 1 saturated heterocycles. The second kappa shape index (κ2) is 6.45. The van der Waals surface area contributed by atoms with E-state index in [9.17, 15) is 4.79 Å². The summed E-state index contributed by atoms with van der Waals surface area (Å²) in [7, 11) is 0. The van der Waals surface area contributed by atoms with Gasteiger partial charge >= 0.3 is 0 Å². The molecule has 0 aliphatic carbocycles. The fraction of sp³-hybridized carbons (Fsp3) is 0.294. The van der Waals surface area contributed by atoms with Gasteiger partial charge in [-0.05, 0) is 30.7 Å². The molecule has 1 aromatic carbocycles. The summed E-state index contributed by atoms with van der Waals surface area (Å²) in [5.74, 6) is -0.130. The lowest BCUT2D eigenvalue weighted by Gasteiger charge is -2.38. The number of hydrogen-bond acceptors (Lipinski definition) is 3. The molecule has 6 heteroatoms. The largest absolute Gasteiger partial charge is 0.370 e. The molecule has 1 aromatic heterocycles. The summed E-state index contributed by atoms with van der Waals surface area (Å²) in [4.78, 5) is 17.3. The zero-order chi connectivity index (χ0) is 16.4. The molecular formula is C17H16ClN3O2. The summed E-state index contributed by atoms with van der Waals surface area (Å²) in [6.07, 6.45) is 1.33. The van der Waals surface area contributed by atoms with Crippen molar-refractivity contribution in [1.29, 1.82) is 5.26 Å². The molecule has 1 amide bonds. The van der Waals surface area contributed by atoms with E-state index in [2.05, 4.69) is 4.98 Å². The van der Waals surface area contributed by atoms with E-state index >= 15 is 0 Å². The summed E-state index contributed by atoms with van der Waals surface area (Å²) in [6, 6.07) is 11.0. The van der Waals surface area contributed by atoms with Crippen molar-refractivity contribution in [3.8, 4) is 6.07 Å². The van der Waals surface area contributed by atoms with Crippen LogP contribution < -0.4 is 0 Å². The molecule has 2 aromatic rings. The van der Waals surface area contributed by atoms with Crippen LogP contribution in [0.5, 0.6) is 0 Å². The number of nitriles is 1. The maximum absolute atomic E-state index is 12.7. The van der Waals surface area contributed by atoms with Crippen LogP contribution in [-0.2, 0) is 4.74 Å². The fourth-order valence-corrected chi connectivity index (χ4v) is 2.88. The van der Waals surface area contributed by atoms with E-state index in [4.69, 9.17) is 21.6 Å². The Kier molecular flexibility index (Phi) is 4.37. The van der Waals surface area contributed by atoms with Crippen LogP contribution in [0.25, 0.3) is 0 Å². The smallest absolute Gasteiger partial charge is 0.270 e. The van der Waals surface area contributed by atoms with Crippen molar-refractivity contribution in [3.05, 3.63) is 58.4 Å². The molecule has 3 rings (SSSR count). The standard InChI is InChI=1S/C17H16ClN3O2/c1-11-10-23-16(13-3-2-4-14(18)6-13)9-21(11)17(22)15-5-12(7-19)8-20-15/h2-6,8,11,16,20H,9-10H2,1H3/t11-,16-/m1/s1. The van der Waals surface area contributed by atoms with Crippen LogP contribution in [0.1, 0.15) is 34.6 Å². The number of aromatic amines is 1. The molecule has 0 saturated carbocycles. The van der Waals surface area contributed by atoms with Crippen LogP contribution in [0.15, 0.2) is 36.5 Å². The minimum atomic E-state index is -0.209. The fourth-order valence-electron chi connectivity index (χ4n) is 2.69. The highest BCUT2D eigenvalue weighted by Crippen LogP contribution is 2.27. The number of benzene rings is 1. The molecule has 1 aliphatic heterocycles. The van der Waals surface area contributed by atoms with Crippen LogP contribution in [0.2, 0.25) is 5.02 Å². The zero-order valence-electron chi connectivity index (χ0n) is 12.6. The number of aromatic nitrogens is 1. The lowest BCUT2D eigenvalue weighted by Crippen LogP contribution is -2.48. The van der Waals surface area contributed by atoms with Gasteiger partial charge in [-0.25, -0.2) is 0 Å². The number of carbonyl (C=O) groups is 1. The third-order valence-electron chi connectivity index (χ3n) is 3.96. The zero-order valence-corrected chi connectivity index (χ0v) is 13.4. The lowest BCUT2D eigenvalue weighted by atomic mass is 10.1. The first kappa shape index (κ1) is 15.6. The molecule has 1 N–H and O–H groups in total. The van der Waals surface area contributed by atoms with Crippen molar-refractivity contribution in [2.75, 3.05) is 13.2 Å². The number of morpholine rings is 1. The molecule has 0 unspecified atom stereocenters. The van der Waals surface area contributed by atoms with Gasteiger partial charge in [-0.1, -0.05) is 23.7 Å². The van der Waals surface area contributed by atoms with Gasteiger partial charge in [0.2, 0.25) is 0 Å². The van der Waals surface area contributed by atoms with Crippen molar-refractivity contribution < 1.29 is 9.53 Å². The van der Waals surface area contributed by atoms with E-state index in [1.807, 2.05) is 37.3 Å². The molecular weight excluding hydrogens is 314 g/mol. The summed E-state index contributed by atoms with van der Waals surface area (Å²) >= 11 is 6.03. The highest BCUT2D eigenvalue weighted by Gasteiger charge is 2.31. The first-order valence-corrected chi connectivity index (χ1v) is 7.73. The average Bonchev–Trinajstić information content (AvgIpc) is 3.04. The van der Waals surface area contributed by atoms with E-state index < -0.39 is 0 Å². The van der Waals surface area contributed by atoms with E-state index in [0.717, 1.165) is 5.56 Å². The number of halogens is 1. The summed E-state index contributed by atoms with van der Waals surface area (Å²) in [5, 5.41) is 9.53. The summed E-state index contributed by atoms with van der Waals surface area (Å²) in [5.41, 5.74) is 1.81. The van der Waals surface area contributed by atoms with Crippen LogP contribution >= 0.6 is 11.6 Å². The molecule has 118 valence electrons. The Bertz CT molecular complexity index is 765. The van der Waals surface area contributed by atoms with Crippen molar-refractivity contribution >= 4 is 17.5 Å². The number of H-pyrrole nitrogens is 1. The number of amides is 1. The van der Waals surface area contributed by atoms with Gasteiger partial charge in [-0.3, -0.25) is 4.79 Å². The number of rotatable bonds is 2. The van der Waals surface area contributed by atoms with Gasteiger partial charge in [0.05, 0.1) is 24.8 Å². The van der Waals surface area contributed by atoms with Crippen LogP contribution in [0.3, 0.4) is 0 Å². The Morgan fingerprint density at radius 3 is 3.00 bits per heavy atom. The number of ether oxygens (including phenoxy) is 1. The maximum atomic E-state index is 12.7. The number of carbonyl (C=O) groups excluding carboxylic acids is 1. The molecule has 0 bridgehead atoms. The average molecular weight is 330 g/mol. The first-order valence-electron chi connectivity index (χ1n) is 7.35. The van der Waals surface area contributed by atoms with Crippen LogP contribution in [-0.4, -0.2) is 35.0 Å². The lowest BCUT2D eigenvalue weighted by molar-refractivity contribution is -0.0488. The van der Waals surface area contributed by atoms with Crippen molar-refractivity contribution in [3.63, 3.8) is 0 Å². The Morgan fingerprint density at radius 2 is 2.30 bits per heavy atom. The minimum Gasteiger partial charge on any atom is -0.370 e. The minimum absolute atomic E-state index is 0.0354. The quantitative estimate of drug-likeness (QED) is 0.920. The maximum Gasteiger partial charge on any atom is 0.270 e. The Balaban J connectivity index is 1.81. The third kappa shape index (κ3) is 3.24. The van der Waals surface area contributed by atoms with Crippen LogP contribution in [0.4, 0.5) is 0 Å². The molecule has 23 heavy (non-hydrogen) atoms. The van der Waals surface area contributed by atoms with Crippen molar-refractivity contribution in [2.45, 2.75) is 19.1 Å². The predicted octanol–water partition coefficient (Wildman–Crippen LogP) is 3.14. The van der Waals surface area contributed by atoms with Gasteiger partial charge in [0.25, 0.3) is 5.91 Å². The van der Waals surface area contributed by atoms with E-state index in [-0.39, 0.29) is 18.1 Å². The summed E-state index contributed by atoms with van der Waals surface area (Å²) in [6.45, 7) is 2.84. The number of nitrogens with one attached hydrogen (secondary N) is 1. The molecule has 5 nitrogen and oxygen atoms in total. The van der Waals surface area contributed by atoms with Crippen LogP contribution in [0, 0.1) is 11.3 Å². The van der Waals surface area contributed by atoms with E-state index in [1.165, 1.54) is 6.20 Å². The van der Waals surface area contributed by atoms with Gasteiger partial charge in [0.1, 0.15) is 17.9 Å². The van der Waals surface area contributed by atoms with Gasteiger partial charge in [-0.15, -0.1) is 0 Å². The molecule has 2 atom stereocenters. The van der Waals surface area contributed by atoms with Gasteiger partial charge in [-0.2, -0.15) is 5.26 Å². The number of hydrogen-bond donors (Lipinski definition) is 1. The normalized spacial score (nSPS) is 21.0. The monoisotopic (exact) mass is 329 g/mol. The Labute approximate surface area is 139 Å². The summed E-state index contributed by atoms with van der Waals surface area (Å²) < 4.78 is 5.86. The second-order valence-electron chi connectivity index (χ2n) is 5.60. The van der Waals surface area contributed by atoms with Gasteiger partial charge in [0.15, 0.2) is 0 Å². The molecule has 2 heterocycles. The van der Waals surface area contributed by atoms with Gasteiger partial charge < -0.3 is 14.6 Å². The molecule has 1 aliphatic rings. The van der Waals surface area contributed by atoms with Crippen molar-refractivity contribution in [2.24, 2.45) is 0 Å². The first-order chi connectivity index (χ1) is 11.1.